The fourth-order valence-corrected chi connectivity index (χ4v) is 3.70. The molecule has 1 aliphatic heterocycles. The molecule has 0 spiro atoms. The lowest BCUT2D eigenvalue weighted by molar-refractivity contribution is 0.0663. The molecule has 2 heterocycles. The van der Waals surface area contributed by atoms with Crippen molar-refractivity contribution in [2.24, 2.45) is 0 Å². The van der Waals surface area contributed by atoms with Crippen LogP contribution >= 0.6 is 0 Å². The topological polar surface area (TPSA) is 38.1 Å². The molecule has 3 atom stereocenters. The minimum atomic E-state index is -2.54. The summed E-state index contributed by atoms with van der Waals surface area (Å²) in [6.45, 7) is 3.46. The second kappa shape index (κ2) is 6.71. The molecule has 4 nitrogen and oxygen atoms in total. The molecular weight excluding hydrogens is 312 g/mol. The van der Waals surface area contributed by atoms with Crippen LogP contribution < -0.4 is 0 Å². The molecular formula is C18H21F2N3O. The number of alkyl halides is 2. The Labute approximate surface area is 140 Å². The molecule has 3 rings (SSSR count). The minimum absolute atomic E-state index is 0.00444. The number of rotatable bonds is 4. The summed E-state index contributed by atoms with van der Waals surface area (Å²) in [7, 11) is 0. The summed E-state index contributed by atoms with van der Waals surface area (Å²) in [5.74, 6) is 0.0169. The maximum absolute atomic E-state index is 12.9. The monoisotopic (exact) mass is 333 g/mol. The average Bonchev–Trinajstić information content (AvgIpc) is 3.11. The molecule has 6 heteroatoms. The van der Waals surface area contributed by atoms with Crippen molar-refractivity contribution in [1.29, 1.82) is 0 Å². The van der Waals surface area contributed by atoms with Gasteiger partial charge >= 0.3 is 0 Å². The molecule has 0 saturated carbocycles. The summed E-state index contributed by atoms with van der Waals surface area (Å²) >= 11 is 0. The van der Waals surface area contributed by atoms with E-state index in [0.29, 0.717) is 0 Å². The Balaban J connectivity index is 1.84. The summed E-state index contributed by atoms with van der Waals surface area (Å²) in [6, 6.07) is 11.7. The van der Waals surface area contributed by atoms with Gasteiger partial charge in [0.2, 0.25) is 0 Å². The fourth-order valence-electron chi connectivity index (χ4n) is 3.70. The lowest BCUT2D eigenvalue weighted by Gasteiger charge is -2.28. The van der Waals surface area contributed by atoms with Gasteiger partial charge in [0.15, 0.2) is 0 Å². The lowest BCUT2D eigenvalue weighted by Crippen LogP contribution is -2.40. The van der Waals surface area contributed by atoms with E-state index in [1.165, 1.54) is 17.8 Å². The summed E-state index contributed by atoms with van der Waals surface area (Å²) in [5.41, 5.74) is 1.43. The number of hydrogen-bond acceptors (Lipinski definition) is 2. The number of halogens is 2. The number of carbonyl (C=O) groups is 1. The molecule has 0 aliphatic carbocycles. The van der Waals surface area contributed by atoms with Gasteiger partial charge in [0.1, 0.15) is 12.2 Å². The van der Waals surface area contributed by atoms with E-state index in [4.69, 9.17) is 0 Å². The molecule has 0 radical (unpaired) electrons. The largest absolute Gasteiger partial charge is 0.331 e. The highest BCUT2D eigenvalue weighted by molar-refractivity contribution is 5.93. The fraction of sp³-hybridized carbons (Fsp3) is 0.444. The van der Waals surface area contributed by atoms with Crippen molar-refractivity contribution in [3.05, 3.63) is 53.9 Å². The molecule has 1 aliphatic rings. The van der Waals surface area contributed by atoms with Crippen LogP contribution in [0.15, 0.2) is 42.6 Å². The second-order valence-corrected chi connectivity index (χ2v) is 6.34. The van der Waals surface area contributed by atoms with Gasteiger partial charge in [0.25, 0.3) is 12.3 Å². The van der Waals surface area contributed by atoms with Crippen molar-refractivity contribution in [3.8, 4) is 0 Å². The summed E-state index contributed by atoms with van der Waals surface area (Å²) in [4.78, 5) is 14.7. The van der Waals surface area contributed by atoms with Gasteiger partial charge in [-0.15, -0.1) is 0 Å². The smallest absolute Gasteiger partial charge is 0.272 e. The quantitative estimate of drug-likeness (QED) is 0.858. The minimum Gasteiger partial charge on any atom is -0.331 e. The van der Waals surface area contributed by atoms with Crippen LogP contribution in [0.2, 0.25) is 0 Å². The van der Waals surface area contributed by atoms with Crippen LogP contribution in [0.5, 0.6) is 0 Å². The van der Waals surface area contributed by atoms with E-state index >= 15 is 0 Å². The van der Waals surface area contributed by atoms with Gasteiger partial charge in [-0.05, 0) is 31.9 Å². The number of benzene rings is 1. The zero-order valence-corrected chi connectivity index (χ0v) is 13.8. The highest BCUT2D eigenvalue weighted by Gasteiger charge is 2.40. The maximum atomic E-state index is 12.9. The van der Waals surface area contributed by atoms with Crippen LogP contribution in [0.4, 0.5) is 8.78 Å². The second-order valence-electron chi connectivity index (χ2n) is 6.34. The third kappa shape index (κ3) is 3.05. The first-order valence-electron chi connectivity index (χ1n) is 8.16. The summed E-state index contributed by atoms with van der Waals surface area (Å²) in [6.07, 6.45) is -0.280. The van der Waals surface area contributed by atoms with Crippen molar-refractivity contribution in [2.75, 3.05) is 0 Å². The Kier molecular flexibility index (Phi) is 4.64. The first kappa shape index (κ1) is 16.6. The Morgan fingerprint density at radius 1 is 1.25 bits per heavy atom. The van der Waals surface area contributed by atoms with Gasteiger partial charge in [0, 0.05) is 24.2 Å². The van der Waals surface area contributed by atoms with Gasteiger partial charge in [-0.3, -0.25) is 9.48 Å². The van der Waals surface area contributed by atoms with E-state index in [2.05, 4.69) is 17.2 Å². The number of aromatic nitrogens is 2. The zero-order chi connectivity index (χ0) is 17.3. The molecule has 128 valence electrons. The van der Waals surface area contributed by atoms with Crippen LogP contribution in [0.3, 0.4) is 0 Å². The van der Waals surface area contributed by atoms with E-state index in [1.807, 2.05) is 32.0 Å². The molecule has 1 saturated heterocycles. The number of carbonyl (C=O) groups excluding carboxylic acids is 1. The van der Waals surface area contributed by atoms with Gasteiger partial charge < -0.3 is 4.90 Å². The highest BCUT2D eigenvalue weighted by atomic mass is 19.3. The molecule has 2 aromatic rings. The SMILES string of the molecule is C[C@@H]1C[C@H](c2ccccc2)[C@@H](C)N1C(=O)c1ccnn1CC(F)F. The van der Waals surface area contributed by atoms with Crippen molar-refractivity contribution in [2.45, 2.75) is 51.2 Å². The number of likely N-dealkylation sites (tertiary alicyclic amines) is 1. The Morgan fingerprint density at radius 3 is 2.62 bits per heavy atom. The van der Waals surface area contributed by atoms with Crippen molar-refractivity contribution in [1.82, 2.24) is 14.7 Å². The predicted molar refractivity (Wildman–Crippen MR) is 87.1 cm³/mol. The first-order chi connectivity index (χ1) is 11.5. The standard InChI is InChI=1S/C18H21F2N3O/c1-12-10-15(14-6-4-3-5-7-14)13(2)23(12)18(24)16-8-9-21-22(16)11-17(19)20/h3-9,12-13,15,17H,10-11H2,1-2H3/t12-,13-,15+/m1/s1. The van der Waals surface area contributed by atoms with Crippen LogP contribution in [0.1, 0.15) is 42.2 Å². The third-order valence-corrected chi connectivity index (χ3v) is 4.80. The molecule has 0 bridgehead atoms. The van der Waals surface area contributed by atoms with Gasteiger partial charge in [-0.25, -0.2) is 8.78 Å². The molecule has 1 fully saturated rings. The van der Waals surface area contributed by atoms with E-state index in [0.717, 1.165) is 11.1 Å². The predicted octanol–water partition coefficient (Wildman–Crippen LogP) is 3.55. The Bertz CT molecular complexity index is 701. The summed E-state index contributed by atoms with van der Waals surface area (Å²) in [5, 5.41) is 3.87. The molecule has 1 aromatic carbocycles. The van der Waals surface area contributed by atoms with Crippen LogP contribution in [0, 0.1) is 0 Å². The number of hydrogen-bond donors (Lipinski definition) is 0. The number of amides is 1. The molecule has 1 amide bonds. The number of nitrogens with zero attached hydrogens (tertiary/aromatic N) is 3. The summed E-state index contributed by atoms with van der Waals surface area (Å²) < 4.78 is 26.4. The zero-order valence-electron chi connectivity index (χ0n) is 13.8. The van der Waals surface area contributed by atoms with Crippen LogP contribution in [-0.2, 0) is 6.54 Å². The molecule has 0 unspecified atom stereocenters. The average molecular weight is 333 g/mol. The third-order valence-electron chi connectivity index (χ3n) is 4.80. The van der Waals surface area contributed by atoms with Crippen molar-refractivity contribution >= 4 is 5.91 Å². The van der Waals surface area contributed by atoms with Gasteiger partial charge in [0.05, 0.1) is 0 Å². The first-order valence-corrected chi connectivity index (χ1v) is 8.16. The van der Waals surface area contributed by atoms with Gasteiger partial charge in [-0.1, -0.05) is 30.3 Å². The van der Waals surface area contributed by atoms with Crippen LogP contribution in [0.25, 0.3) is 0 Å². The normalized spacial score (nSPS) is 23.9. The molecule has 0 N–H and O–H groups in total. The van der Waals surface area contributed by atoms with Gasteiger partial charge in [-0.2, -0.15) is 5.10 Å². The van der Waals surface area contributed by atoms with E-state index < -0.39 is 13.0 Å². The molecule has 24 heavy (non-hydrogen) atoms. The van der Waals surface area contributed by atoms with E-state index in [-0.39, 0.29) is 29.6 Å². The highest BCUT2D eigenvalue weighted by Crippen LogP contribution is 2.38. The molecule has 1 aromatic heterocycles. The van der Waals surface area contributed by atoms with E-state index in [1.54, 1.807) is 4.90 Å². The van der Waals surface area contributed by atoms with Crippen LogP contribution in [-0.4, -0.2) is 39.1 Å². The lowest BCUT2D eigenvalue weighted by atomic mass is 9.92. The Morgan fingerprint density at radius 2 is 1.96 bits per heavy atom. The Hall–Kier alpha value is -2.24. The van der Waals surface area contributed by atoms with E-state index in [9.17, 15) is 13.6 Å². The van der Waals surface area contributed by atoms with Crippen molar-refractivity contribution in [3.63, 3.8) is 0 Å². The van der Waals surface area contributed by atoms with Crippen molar-refractivity contribution < 1.29 is 13.6 Å². The maximum Gasteiger partial charge on any atom is 0.272 e.